The van der Waals surface area contributed by atoms with Crippen molar-refractivity contribution in [3.05, 3.63) is 118 Å². The number of rotatable bonds is 12. The second-order valence-electron chi connectivity index (χ2n) is 9.62. The van der Waals surface area contributed by atoms with Crippen molar-refractivity contribution in [1.29, 1.82) is 0 Å². The molecule has 2 heterocycles. The number of aromatic nitrogens is 1. The molecule has 5 rings (SSSR count). The molecule has 5 aromatic rings. The number of anilines is 2. The van der Waals surface area contributed by atoms with E-state index in [1.807, 2.05) is 73.1 Å². The lowest BCUT2D eigenvalue weighted by Gasteiger charge is -2.13. The van der Waals surface area contributed by atoms with Crippen molar-refractivity contribution in [2.24, 2.45) is 0 Å². The minimum Gasteiger partial charge on any atom is -0.494 e. The van der Waals surface area contributed by atoms with Crippen molar-refractivity contribution in [2.75, 3.05) is 17.2 Å². The Morgan fingerprint density at radius 3 is 2.47 bits per heavy atom. The maximum atomic E-state index is 13.3. The molecule has 0 saturated carbocycles. The Morgan fingerprint density at radius 2 is 1.73 bits per heavy atom. The zero-order valence-electron chi connectivity index (χ0n) is 24.5. The fraction of sp³-hybridized carbons (Fsp3) is 0.118. The summed E-state index contributed by atoms with van der Waals surface area (Å²) in [5.41, 5.74) is 2.80. The average Bonchev–Trinajstić information content (AvgIpc) is 3.74. The van der Waals surface area contributed by atoms with Gasteiger partial charge in [0, 0.05) is 32.0 Å². The summed E-state index contributed by atoms with van der Waals surface area (Å²) in [6.07, 6.45) is 1.64. The van der Waals surface area contributed by atoms with Crippen LogP contribution in [-0.2, 0) is 9.59 Å². The van der Waals surface area contributed by atoms with Gasteiger partial charge in [-0.3, -0.25) is 14.4 Å². The number of nitrogens with zero attached hydrogens (tertiary/aromatic N) is 1. The van der Waals surface area contributed by atoms with E-state index < -0.39 is 11.2 Å². The molecule has 3 N–H and O–H groups in total. The number of carbonyl (C=O) groups is 3. The fourth-order valence-corrected chi connectivity index (χ4v) is 6.43. The molecule has 8 nitrogen and oxygen atoms in total. The number of thioether (sulfide) groups is 1. The number of carbonyl (C=O) groups excluding carboxylic acids is 3. The molecule has 3 amide bonds. The van der Waals surface area contributed by atoms with Crippen LogP contribution in [0.3, 0.4) is 0 Å². The third-order valence-corrected chi connectivity index (χ3v) is 9.00. The van der Waals surface area contributed by atoms with Gasteiger partial charge in [-0.25, -0.2) is 4.98 Å². The highest BCUT2D eigenvalue weighted by molar-refractivity contribution is 8.00. The zero-order valence-corrected chi connectivity index (χ0v) is 26.9. The zero-order chi connectivity index (χ0) is 31.6. The number of hydrogen-bond acceptors (Lipinski definition) is 8. The van der Waals surface area contributed by atoms with Crippen molar-refractivity contribution < 1.29 is 19.1 Å². The first-order valence-corrected chi connectivity index (χ1v) is 16.7. The third-order valence-electron chi connectivity index (χ3n) is 6.33. The molecule has 0 saturated heterocycles. The van der Waals surface area contributed by atoms with Gasteiger partial charge in [-0.1, -0.05) is 30.3 Å². The number of hydrogen-bond donors (Lipinski definition) is 3. The lowest BCUT2D eigenvalue weighted by Crippen LogP contribution is -2.30. The minimum absolute atomic E-state index is 0.116. The van der Waals surface area contributed by atoms with E-state index in [9.17, 15) is 14.4 Å². The molecule has 3 aromatic carbocycles. The lowest BCUT2D eigenvalue weighted by atomic mass is 10.2. The normalized spacial score (nSPS) is 11.8. The summed E-state index contributed by atoms with van der Waals surface area (Å²) in [6, 6.07) is 27.3. The molecule has 0 spiro atoms. The van der Waals surface area contributed by atoms with Gasteiger partial charge in [0.25, 0.3) is 11.8 Å². The highest BCUT2D eigenvalue weighted by Crippen LogP contribution is 2.29. The van der Waals surface area contributed by atoms with Crippen LogP contribution in [0, 0.1) is 0 Å². The second kappa shape index (κ2) is 15.3. The summed E-state index contributed by atoms with van der Waals surface area (Å²) in [6.45, 7) is 4.35. The monoisotopic (exact) mass is 654 g/mol. The number of thiophene rings is 1. The van der Waals surface area contributed by atoms with Crippen molar-refractivity contribution in [1.82, 2.24) is 10.3 Å². The van der Waals surface area contributed by atoms with Gasteiger partial charge in [0.2, 0.25) is 5.91 Å². The summed E-state index contributed by atoms with van der Waals surface area (Å²) in [4.78, 5) is 45.4. The third kappa shape index (κ3) is 8.91. The van der Waals surface area contributed by atoms with E-state index in [0.29, 0.717) is 23.0 Å². The van der Waals surface area contributed by atoms with E-state index in [-0.39, 0.29) is 17.5 Å². The van der Waals surface area contributed by atoms with Crippen LogP contribution < -0.4 is 20.7 Å². The van der Waals surface area contributed by atoms with Crippen LogP contribution in [0.1, 0.15) is 29.1 Å². The summed E-state index contributed by atoms with van der Waals surface area (Å²) in [5, 5.41) is 12.4. The molecule has 228 valence electrons. The Labute approximate surface area is 273 Å². The quantitative estimate of drug-likeness (QED) is 0.0936. The van der Waals surface area contributed by atoms with Gasteiger partial charge in [-0.15, -0.1) is 34.4 Å². The molecule has 1 atom stereocenters. The number of nitrogens with one attached hydrogen (secondary N) is 3. The van der Waals surface area contributed by atoms with Crippen LogP contribution in [0.5, 0.6) is 5.75 Å². The van der Waals surface area contributed by atoms with Gasteiger partial charge in [-0.2, -0.15) is 0 Å². The van der Waals surface area contributed by atoms with Crippen LogP contribution in [0.2, 0.25) is 0 Å². The van der Waals surface area contributed by atoms with E-state index in [1.54, 1.807) is 48.5 Å². The van der Waals surface area contributed by atoms with Crippen molar-refractivity contribution in [3.8, 4) is 17.0 Å². The van der Waals surface area contributed by atoms with Crippen LogP contribution in [-0.4, -0.2) is 34.6 Å². The maximum Gasteiger partial charge on any atom is 0.272 e. The smallest absolute Gasteiger partial charge is 0.272 e. The molecule has 0 bridgehead atoms. The first kappa shape index (κ1) is 31.7. The van der Waals surface area contributed by atoms with Crippen LogP contribution in [0.4, 0.5) is 10.8 Å². The van der Waals surface area contributed by atoms with Crippen molar-refractivity contribution >= 4 is 69.1 Å². The lowest BCUT2D eigenvalue weighted by molar-refractivity contribution is -0.115. The summed E-state index contributed by atoms with van der Waals surface area (Å²) in [5.74, 6) is -0.242. The molecule has 0 radical (unpaired) electrons. The first-order chi connectivity index (χ1) is 21.9. The van der Waals surface area contributed by atoms with E-state index in [1.165, 1.54) is 34.4 Å². The van der Waals surface area contributed by atoms with Gasteiger partial charge in [0.1, 0.15) is 11.4 Å². The molecule has 11 heteroatoms. The number of amides is 3. The SMILES string of the molecule is CCOc1ccc(-c2csc(NC(=O)C(C)Sc3cccc(NC(=O)/C(=C/c4cccs4)NC(=O)c4ccccc4)c3)n2)cc1. The molecule has 2 aromatic heterocycles. The minimum atomic E-state index is -0.465. The molecule has 0 aliphatic rings. The molecule has 1 unspecified atom stereocenters. The van der Waals surface area contributed by atoms with Crippen molar-refractivity contribution in [2.45, 2.75) is 24.0 Å². The predicted molar refractivity (Wildman–Crippen MR) is 184 cm³/mol. The highest BCUT2D eigenvalue weighted by atomic mass is 32.2. The Bertz CT molecular complexity index is 1790. The Kier molecular flexibility index (Phi) is 10.8. The first-order valence-electron chi connectivity index (χ1n) is 14.1. The highest BCUT2D eigenvalue weighted by Gasteiger charge is 2.18. The molecular formula is C34H30N4O4S3. The molecule has 0 aliphatic heterocycles. The van der Waals surface area contributed by atoms with Gasteiger partial charge in [0.05, 0.1) is 17.6 Å². The van der Waals surface area contributed by atoms with Crippen LogP contribution in [0.15, 0.2) is 112 Å². The summed E-state index contributed by atoms with van der Waals surface area (Å²) < 4.78 is 5.50. The van der Waals surface area contributed by atoms with Gasteiger partial charge >= 0.3 is 0 Å². The average molecular weight is 655 g/mol. The Hall–Kier alpha value is -4.71. The summed E-state index contributed by atoms with van der Waals surface area (Å²) >= 11 is 4.17. The molecule has 45 heavy (non-hydrogen) atoms. The topological polar surface area (TPSA) is 109 Å². The molecule has 0 aliphatic carbocycles. The van der Waals surface area contributed by atoms with E-state index in [2.05, 4.69) is 20.9 Å². The Morgan fingerprint density at radius 1 is 0.933 bits per heavy atom. The predicted octanol–water partition coefficient (Wildman–Crippen LogP) is 7.80. The molecular weight excluding hydrogens is 625 g/mol. The van der Waals surface area contributed by atoms with Gasteiger partial charge in [0.15, 0.2) is 5.13 Å². The van der Waals surface area contributed by atoms with E-state index >= 15 is 0 Å². The fourth-order valence-electron chi connectivity index (χ4n) is 4.12. The summed E-state index contributed by atoms with van der Waals surface area (Å²) in [7, 11) is 0. The standard InChI is InChI=1S/C34H30N4O4S3/c1-3-42-26-16-14-23(15-17-26)30-21-44-34(37-30)38-31(39)22(2)45-28-12-7-11-25(19-28)35-33(41)29(20-27-13-8-18-43-27)36-32(40)24-9-5-4-6-10-24/h4-22H,3H2,1-2H3,(H,35,41)(H,36,40)(H,37,38,39)/b29-20-. The largest absolute Gasteiger partial charge is 0.494 e. The van der Waals surface area contributed by atoms with Crippen LogP contribution in [0.25, 0.3) is 17.3 Å². The number of ether oxygens (including phenoxy) is 1. The van der Waals surface area contributed by atoms with E-state index in [4.69, 9.17) is 4.74 Å². The Balaban J connectivity index is 1.21. The van der Waals surface area contributed by atoms with Crippen molar-refractivity contribution in [3.63, 3.8) is 0 Å². The maximum absolute atomic E-state index is 13.3. The second-order valence-corrected chi connectivity index (χ2v) is 12.9. The number of benzene rings is 3. The van der Waals surface area contributed by atoms with Gasteiger partial charge in [-0.05, 0) is 86.0 Å². The van der Waals surface area contributed by atoms with Crippen LogP contribution >= 0.6 is 34.4 Å². The molecule has 0 fully saturated rings. The van der Waals surface area contributed by atoms with E-state index in [0.717, 1.165) is 26.8 Å². The number of thiazole rings is 1. The van der Waals surface area contributed by atoms with Gasteiger partial charge < -0.3 is 20.7 Å².